The van der Waals surface area contributed by atoms with Gasteiger partial charge in [0.1, 0.15) is 5.82 Å². The first-order valence-electron chi connectivity index (χ1n) is 9.72. The highest BCUT2D eigenvalue weighted by Gasteiger charge is 2.29. The minimum absolute atomic E-state index is 0.0303. The zero-order chi connectivity index (χ0) is 17.6. The molecule has 1 aromatic rings. The Bertz CT molecular complexity index is 549. The monoisotopic (exact) mass is 347 g/mol. The average molecular weight is 347 g/mol. The van der Waals surface area contributed by atoms with Crippen LogP contribution in [0, 0.1) is 5.82 Å². The molecule has 5 heteroatoms. The third kappa shape index (κ3) is 4.72. The number of anilines is 1. The predicted molar refractivity (Wildman–Crippen MR) is 99.3 cm³/mol. The van der Waals surface area contributed by atoms with Gasteiger partial charge in [-0.05, 0) is 43.5 Å². The highest BCUT2D eigenvalue weighted by atomic mass is 19.1. The van der Waals surface area contributed by atoms with Crippen LogP contribution >= 0.6 is 0 Å². The second-order valence-electron chi connectivity index (χ2n) is 7.27. The van der Waals surface area contributed by atoms with E-state index in [9.17, 15) is 9.18 Å². The van der Waals surface area contributed by atoms with Crippen molar-refractivity contribution in [2.45, 2.75) is 57.5 Å². The third-order valence-corrected chi connectivity index (χ3v) is 5.59. The number of nitrogens with zero attached hydrogens (tertiary/aromatic N) is 2. The lowest BCUT2D eigenvalue weighted by atomic mass is 9.95. The Morgan fingerprint density at radius 1 is 1.12 bits per heavy atom. The van der Waals surface area contributed by atoms with Gasteiger partial charge >= 0.3 is 0 Å². The molecule has 0 spiro atoms. The molecular weight excluding hydrogens is 317 g/mol. The van der Waals surface area contributed by atoms with Gasteiger partial charge in [0.05, 0.1) is 6.04 Å². The van der Waals surface area contributed by atoms with Gasteiger partial charge in [0.25, 0.3) is 0 Å². The lowest BCUT2D eigenvalue weighted by molar-refractivity contribution is -0.127. The number of hydrogen-bond donors (Lipinski definition) is 1. The van der Waals surface area contributed by atoms with E-state index >= 15 is 0 Å². The van der Waals surface area contributed by atoms with E-state index in [-0.39, 0.29) is 17.8 Å². The number of hydrogen-bond acceptors (Lipinski definition) is 3. The van der Waals surface area contributed by atoms with Crippen LogP contribution in [0.2, 0.25) is 0 Å². The number of rotatable bonds is 5. The van der Waals surface area contributed by atoms with Gasteiger partial charge in [-0.25, -0.2) is 4.39 Å². The standard InChI is InChI=1S/C20H30FN3O/c1-2-19(20(25)22-17-6-4-3-5-7-17)24-14-12-23(13-15-24)18-10-8-16(21)9-11-18/h8-11,17,19H,2-7,12-15H2,1H3,(H,22,25)/t19-/m0/s1. The molecule has 138 valence electrons. The fraction of sp³-hybridized carbons (Fsp3) is 0.650. The second kappa shape index (κ2) is 8.65. The number of halogens is 1. The molecule has 1 heterocycles. The summed E-state index contributed by atoms with van der Waals surface area (Å²) in [4.78, 5) is 17.3. The molecule has 1 amide bonds. The fourth-order valence-corrected chi connectivity index (χ4v) is 4.10. The van der Waals surface area contributed by atoms with Gasteiger partial charge in [-0.2, -0.15) is 0 Å². The van der Waals surface area contributed by atoms with Crippen LogP contribution in [0.15, 0.2) is 24.3 Å². The topological polar surface area (TPSA) is 35.6 Å². The van der Waals surface area contributed by atoms with Crippen LogP contribution in [0.5, 0.6) is 0 Å². The molecule has 4 nitrogen and oxygen atoms in total. The van der Waals surface area contributed by atoms with E-state index < -0.39 is 0 Å². The Kier molecular flexibility index (Phi) is 6.29. The van der Waals surface area contributed by atoms with Crippen LogP contribution in [0.25, 0.3) is 0 Å². The number of nitrogens with one attached hydrogen (secondary N) is 1. The molecule has 1 saturated heterocycles. The molecule has 1 aliphatic carbocycles. The first-order valence-corrected chi connectivity index (χ1v) is 9.72. The van der Waals surface area contributed by atoms with E-state index in [2.05, 4.69) is 22.0 Å². The van der Waals surface area contributed by atoms with Crippen molar-refractivity contribution in [3.63, 3.8) is 0 Å². The average Bonchev–Trinajstić information content (AvgIpc) is 2.64. The third-order valence-electron chi connectivity index (χ3n) is 5.59. The van der Waals surface area contributed by atoms with Crippen LogP contribution in [0.1, 0.15) is 45.4 Å². The fourth-order valence-electron chi connectivity index (χ4n) is 4.10. The predicted octanol–water partition coefficient (Wildman–Crippen LogP) is 3.18. The molecule has 0 unspecified atom stereocenters. The van der Waals surface area contributed by atoms with Gasteiger partial charge in [0.15, 0.2) is 0 Å². The molecule has 1 N–H and O–H groups in total. The maximum absolute atomic E-state index is 13.1. The number of carbonyl (C=O) groups excluding carboxylic acids is 1. The van der Waals surface area contributed by atoms with Gasteiger partial charge in [0.2, 0.25) is 5.91 Å². The van der Waals surface area contributed by atoms with Crippen molar-refractivity contribution in [2.24, 2.45) is 0 Å². The molecule has 0 radical (unpaired) electrons. The first-order chi connectivity index (χ1) is 12.2. The van der Waals surface area contributed by atoms with Crippen molar-refractivity contribution in [3.05, 3.63) is 30.1 Å². The maximum Gasteiger partial charge on any atom is 0.237 e. The van der Waals surface area contributed by atoms with Crippen LogP contribution in [-0.4, -0.2) is 49.1 Å². The van der Waals surface area contributed by atoms with Crippen molar-refractivity contribution in [3.8, 4) is 0 Å². The lowest BCUT2D eigenvalue weighted by Gasteiger charge is -2.40. The largest absolute Gasteiger partial charge is 0.369 e. The molecule has 0 bridgehead atoms. The summed E-state index contributed by atoms with van der Waals surface area (Å²) in [7, 11) is 0. The molecule has 2 fully saturated rings. The molecule has 3 rings (SSSR count). The summed E-state index contributed by atoms with van der Waals surface area (Å²) < 4.78 is 13.1. The van der Waals surface area contributed by atoms with E-state index in [1.54, 1.807) is 0 Å². The van der Waals surface area contributed by atoms with Crippen molar-refractivity contribution in [2.75, 3.05) is 31.1 Å². The van der Waals surface area contributed by atoms with Crippen molar-refractivity contribution < 1.29 is 9.18 Å². The summed E-state index contributed by atoms with van der Waals surface area (Å²) in [6, 6.07) is 7.02. The number of carbonyl (C=O) groups is 1. The van der Waals surface area contributed by atoms with E-state index in [0.29, 0.717) is 6.04 Å². The smallest absolute Gasteiger partial charge is 0.237 e. The lowest BCUT2D eigenvalue weighted by Crippen LogP contribution is -2.56. The molecule has 0 aromatic heterocycles. The number of amides is 1. The number of benzene rings is 1. The van der Waals surface area contributed by atoms with Gasteiger partial charge in [-0.3, -0.25) is 9.69 Å². The Morgan fingerprint density at radius 3 is 2.36 bits per heavy atom. The maximum atomic E-state index is 13.1. The van der Waals surface area contributed by atoms with Crippen LogP contribution in [0.4, 0.5) is 10.1 Å². The SMILES string of the molecule is CC[C@@H](C(=O)NC1CCCCC1)N1CCN(c2ccc(F)cc2)CC1. The van der Waals surface area contributed by atoms with E-state index in [1.165, 1.54) is 31.4 Å². The number of piperazine rings is 1. The summed E-state index contributed by atoms with van der Waals surface area (Å²) in [6.07, 6.45) is 6.86. The quantitative estimate of drug-likeness (QED) is 0.889. The van der Waals surface area contributed by atoms with Crippen LogP contribution < -0.4 is 10.2 Å². The van der Waals surface area contributed by atoms with Crippen molar-refractivity contribution in [1.29, 1.82) is 0 Å². The van der Waals surface area contributed by atoms with E-state index in [1.807, 2.05) is 12.1 Å². The molecule has 25 heavy (non-hydrogen) atoms. The molecule has 1 saturated carbocycles. The molecule has 1 atom stereocenters. The molecular formula is C20H30FN3O. The summed E-state index contributed by atoms with van der Waals surface area (Å²) in [5, 5.41) is 3.28. The van der Waals surface area contributed by atoms with Crippen LogP contribution in [-0.2, 0) is 4.79 Å². The van der Waals surface area contributed by atoms with Gasteiger partial charge in [-0.1, -0.05) is 26.2 Å². The van der Waals surface area contributed by atoms with Crippen molar-refractivity contribution in [1.82, 2.24) is 10.2 Å². The summed E-state index contributed by atoms with van der Waals surface area (Å²) in [5.74, 6) is -0.00236. The zero-order valence-electron chi connectivity index (χ0n) is 15.2. The first kappa shape index (κ1) is 18.2. The minimum atomic E-state index is -0.201. The Balaban J connectivity index is 1.52. The second-order valence-corrected chi connectivity index (χ2v) is 7.27. The van der Waals surface area contributed by atoms with E-state index in [4.69, 9.17) is 0 Å². The highest BCUT2D eigenvalue weighted by Crippen LogP contribution is 2.20. The Labute approximate surface area is 150 Å². The van der Waals surface area contributed by atoms with Crippen LogP contribution in [0.3, 0.4) is 0 Å². The Morgan fingerprint density at radius 2 is 1.76 bits per heavy atom. The summed E-state index contributed by atoms with van der Waals surface area (Å²) in [5.41, 5.74) is 1.06. The molecule has 1 aromatic carbocycles. The minimum Gasteiger partial charge on any atom is -0.369 e. The Hall–Kier alpha value is -1.62. The molecule has 2 aliphatic rings. The summed E-state index contributed by atoms with van der Waals surface area (Å²) in [6.45, 7) is 5.58. The summed E-state index contributed by atoms with van der Waals surface area (Å²) >= 11 is 0. The van der Waals surface area contributed by atoms with Gasteiger partial charge < -0.3 is 10.2 Å². The van der Waals surface area contributed by atoms with Gasteiger partial charge in [0, 0.05) is 37.9 Å². The normalized spacial score (nSPS) is 21.1. The molecule has 1 aliphatic heterocycles. The zero-order valence-corrected chi connectivity index (χ0v) is 15.2. The van der Waals surface area contributed by atoms with Crippen molar-refractivity contribution >= 4 is 11.6 Å². The van der Waals surface area contributed by atoms with E-state index in [0.717, 1.165) is 51.1 Å². The van der Waals surface area contributed by atoms with Gasteiger partial charge in [-0.15, -0.1) is 0 Å². The highest BCUT2D eigenvalue weighted by molar-refractivity contribution is 5.82.